The Bertz CT molecular complexity index is 506. The van der Waals surface area contributed by atoms with Gasteiger partial charge in [-0.2, -0.15) is 0 Å². The number of hydrogen-bond donors (Lipinski definition) is 4. The first-order valence-electron chi connectivity index (χ1n) is 7.07. The fraction of sp³-hybridized carbons (Fsp3) is 0.429. The van der Waals surface area contributed by atoms with E-state index in [4.69, 9.17) is 29.2 Å². The lowest BCUT2D eigenvalue weighted by Gasteiger charge is -2.16. The van der Waals surface area contributed by atoms with Gasteiger partial charge >= 0.3 is 0 Å². The number of thiocarbonyl (C=S) groups is 2. The number of nitrogens with one attached hydrogen (secondary N) is 4. The maximum Gasteiger partial charge on any atom is 0.185 e. The average Bonchev–Trinajstić information content (AvgIpc) is 3.04. The molecule has 0 radical (unpaired) electrons. The molecular formula is C14H19FN4OS2. The lowest BCUT2D eigenvalue weighted by atomic mass is 10.2. The smallest absolute Gasteiger partial charge is 0.185 e. The average molecular weight is 342 g/mol. The van der Waals surface area contributed by atoms with Crippen molar-refractivity contribution < 1.29 is 9.13 Å². The second kappa shape index (κ2) is 8.82. The summed E-state index contributed by atoms with van der Waals surface area (Å²) < 4.78 is 18.3. The minimum atomic E-state index is -0.256. The SMILES string of the molecule is Fc1ccc(CNC(=S)NNC(=S)NC[C@H]2CCCO2)cc1. The van der Waals surface area contributed by atoms with Crippen LogP contribution in [0.4, 0.5) is 4.39 Å². The molecule has 1 aromatic rings. The normalized spacial score (nSPS) is 16.9. The van der Waals surface area contributed by atoms with E-state index in [1.165, 1.54) is 12.1 Å². The van der Waals surface area contributed by atoms with Gasteiger partial charge in [-0.05, 0) is 55.0 Å². The van der Waals surface area contributed by atoms with Crippen molar-refractivity contribution in [3.63, 3.8) is 0 Å². The van der Waals surface area contributed by atoms with Crippen LogP contribution in [0.3, 0.4) is 0 Å². The van der Waals surface area contributed by atoms with E-state index < -0.39 is 0 Å². The Morgan fingerprint density at radius 3 is 2.45 bits per heavy atom. The van der Waals surface area contributed by atoms with Crippen LogP contribution in [0.15, 0.2) is 24.3 Å². The van der Waals surface area contributed by atoms with Crippen LogP contribution in [0.1, 0.15) is 18.4 Å². The van der Waals surface area contributed by atoms with E-state index in [0.29, 0.717) is 23.3 Å². The molecule has 8 heteroatoms. The van der Waals surface area contributed by atoms with Gasteiger partial charge in [0.2, 0.25) is 0 Å². The summed E-state index contributed by atoms with van der Waals surface area (Å²) in [6.45, 7) is 2.01. The molecule has 0 unspecified atom stereocenters. The van der Waals surface area contributed by atoms with Crippen LogP contribution in [-0.4, -0.2) is 29.5 Å². The van der Waals surface area contributed by atoms with E-state index in [-0.39, 0.29) is 11.9 Å². The van der Waals surface area contributed by atoms with E-state index in [1.54, 1.807) is 12.1 Å². The number of hydrazine groups is 1. The molecule has 1 aromatic carbocycles. The van der Waals surface area contributed by atoms with Crippen molar-refractivity contribution in [1.29, 1.82) is 0 Å². The van der Waals surface area contributed by atoms with E-state index >= 15 is 0 Å². The highest BCUT2D eigenvalue weighted by atomic mass is 32.1. The van der Waals surface area contributed by atoms with Crippen LogP contribution in [0.25, 0.3) is 0 Å². The van der Waals surface area contributed by atoms with Gasteiger partial charge in [0.15, 0.2) is 10.2 Å². The third-order valence-corrected chi connectivity index (χ3v) is 3.66. The summed E-state index contributed by atoms with van der Waals surface area (Å²) in [4.78, 5) is 0. The van der Waals surface area contributed by atoms with Gasteiger partial charge in [-0.3, -0.25) is 10.9 Å². The summed E-state index contributed by atoms with van der Waals surface area (Å²) in [6, 6.07) is 6.23. The molecule has 0 saturated carbocycles. The van der Waals surface area contributed by atoms with Crippen molar-refractivity contribution in [1.82, 2.24) is 21.5 Å². The summed E-state index contributed by atoms with van der Waals surface area (Å²) in [5.41, 5.74) is 6.53. The maximum absolute atomic E-state index is 12.8. The predicted octanol–water partition coefficient (Wildman–Crippen LogP) is 1.35. The third-order valence-electron chi connectivity index (χ3n) is 3.17. The maximum atomic E-state index is 12.8. The molecule has 0 amide bonds. The molecule has 0 aromatic heterocycles. The summed E-state index contributed by atoms with van der Waals surface area (Å²) >= 11 is 10.2. The number of halogens is 1. The van der Waals surface area contributed by atoms with Crippen LogP contribution in [-0.2, 0) is 11.3 Å². The monoisotopic (exact) mass is 342 g/mol. The molecule has 22 heavy (non-hydrogen) atoms. The molecule has 1 aliphatic heterocycles. The third kappa shape index (κ3) is 6.08. The Balaban J connectivity index is 1.58. The number of hydrogen-bond acceptors (Lipinski definition) is 3. The lowest BCUT2D eigenvalue weighted by Crippen LogP contribution is -2.51. The Labute approximate surface area is 140 Å². The molecule has 1 atom stereocenters. The molecule has 0 bridgehead atoms. The van der Waals surface area contributed by atoms with Crippen LogP contribution in [0.5, 0.6) is 0 Å². The Hall–Kier alpha value is -1.51. The van der Waals surface area contributed by atoms with Crippen LogP contribution >= 0.6 is 24.4 Å². The quantitative estimate of drug-likeness (QED) is 0.487. The highest BCUT2D eigenvalue weighted by Crippen LogP contribution is 2.10. The van der Waals surface area contributed by atoms with Gasteiger partial charge in [-0.1, -0.05) is 12.1 Å². The van der Waals surface area contributed by atoms with Gasteiger partial charge in [-0.15, -0.1) is 0 Å². The number of benzene rings is 1. The van der Waals surface area contributed by atoms with Crippen molar-refractivity contribution in [3.05, 3.63) is 35.6 Å². The highest BCUT2D eigenvalue weighted by molar-refractivity contribution is 7.80. The molecule has 4 N–H and O–H groups in total. The summed E-state index contributed by atoms with van der Waals surface area (Å²) in [5.74, 6) is -0.256. The zero-order chi connectivity index (χ0) is 15.8. The fourth-order valence-electron chi connectivity index (χ4n) is 2.00. The lowest BCUT2D eigenvalue weighted by molar-refractivity contribution is 0.114. The number of ether oxygens (including phenoxy) is 1. The van der Waals surface area contributed by atoms with E-state index in [1.807, 2.05) is 0 Å². The second-order valence-electron chi connectivity index (χ2n) is 4.90. The van der Waals surface area contributed by atoms with E-state index in [9.17, 15) is 4.39 Å². The van der Waals surface area contributed by atoms with Crippen molar-refractivity contribution in [2.75, 3.05) is 13.2 Å². The van der Waals surface area contributed by atoms with Gasteiger partial charge in [0.25, 0.3) is 0 Å². The molecule has 0 spiro atoms. The molecule has 1 heterocycles. The first-order valence-corrected chi connectivity index (χ1v) is 7.89. The minimum absolute atomic E-state index is 0.225. The molecule has 1 aliphatic rings. The second-order valence-corrected chi connectivity index (χ2v) is 5.72. The van der Waals surface area contributed by atoms with Crippen LogP contribution in [0, 0.1) is 5.82 Å². The van der Waals surface area contributed by atoms with Crippen LogP contribution in [0.2, 0.25) is 0 Å². The standard InChI is InChI=1S/C14H19FN4OS2/c15-11-5-3-10(4-6-11)8-16-13(21)18-19-14(22)17-9-12-2-1-7-20-12/h3-6,12H,1-2,7-9H2,(H2,16,18,21)(H2,17,19,22)/t12-/m1/s1. The van der Waals surface area contributed by atoms with Crippen molar-refractivity contribution >= 4 is 34.7 Å². The molecule has 2 rings (SSSR count). The van der Waals surface area contributed by atoms with Crippen molar-refractivity contribution in [3.8, 4) is 0 Å². The van der Waals surface area contributed by atoms with Gasteiger partial charge in [0.1, 0.15) is 5.82 Å². The van der Waals surface area contributed by atoms with Gasteiger partial charge < -0.3 is 15.4 Å². The van der Waals surface area contributed by atoms with Crippen molar-refractivity contribution in [2.45, 2.75) is 25.5 Å². The van der Waals surface area contributed by atoms with Gasteiger partial charge in [-0.25, -0.2) is 4.39 Å². The zero-order valence-electron chi connectivity index (χ0n) is 12.0. The molecular weight excluding hydrogens is 323 g/mol. The molecule has 1 saturated heterocycles. The predicted molar refractivity (Wildman–Crippen MR) is 91.7 cm³/mol. The van der Waals surface area contributed by atoms with Crippen LogP contribution < -0.4 is 21.5 Å². The first-order chi connectivity index (χ1) is 10.6. The van der Waals surface area contributed by atoms with E-state index in [0.717, 1.165) is 25.0 Å². The van der Waals surface area contributed by atoms with E-state index in [2.05, 4.69) is 21.5 Å². The molecule has 5 nitrogen and oxygen atoms in total. The van der Waals surface area contributed by atoms with Crippen molar-refractivity contribution in [2.24, 2.45) is 0 Å². The minimum Gasteiger partial charge on any atom is -0.376 e. The topological polar surface area (TPSA) is 57.3 Å². The first kappa shape index (κ1) is 16.9. The summed E-state index contributed by atoms with van der Waals surface area (Å²) in [6.07, 6.45) is 2.38. The molecule has 0 aliphatic carbocycles. The van der Waals surface area contributed by atoms with Gasteiger partial charge in [0.05, 0.1) is 6.10 Å². The molecule has 1 fully saturated rings. The molecule has 120 valence electrons. The summed E-state index contributed by atoms with van der Waals surface area (Å²) in [5, 5.41) is 6.93. The largest absolute Gasteiger partial charge is 0.376 e. The Morgan fingerprint density at radius 1 is 1.14 bits per heavy atom. The summed E-state index contributed by atoms with van der Waals surface area (Å²) in [7, 11) is 0. The zero-order valence-corrected chi connectivity index (χ0v) is 13.7. The highest BCUT2D eigenvalue weighted by Gasteiger charge is 2.15. The van der Waals surface area contributed by atoms with Gasteiger partial charge in [0, 0.05) is 19.7 Å². The Morgan fingerprint density at radius 2 is 1.82 bits per heavy atom. The number of rotatable bonds is 4. The Kier molecular flexibility index (Phi) is 6.75. The fourth-order valence-corrected chi connectivity index (χ4v) is 2.26.